The van der Waals surface area contributed by atoms with Crippen LogP contribution in [0.5, 0.6) is 0 Å². The van der Waals surface area contributed by atoms with Gasteiger partial charge in [-0.1, -0.05) is 18.2 Å². The number of quaternary nitrogens is 1. The first-order chi connectivity index (χ1) is 10.9. The second kappa shape index (κ2) is 4.62. The van der Waals surface area contributed by atoms with E-state index in [1.165, 1.54) is 17.0 Å². The van der Waals surface area contributed by atoms with Crippen LogP contribution in [0.2, 0.25) is 0 Å². The molecule has 3 aliphatic heterocycles. The van der Waals surface area contributed by atoms with Gasteiger partial charge in [0.2, 0.25) is 5.91 Å². The van der Waals surface area contributed by atoms with Crippen LogP contribution in [0.25, 0.3) is 0 Å². The maximum absolute atomic E-state index is 12.8. The lowest BCUT2D eigenvalue weighted by Crippen LogP contribution is -2.99. The molecule has 0 radical (unpaired) electrons. The molecule has 2 bridgehead atoms. The first kappa shape index (κ1) is 14.3. The topological polar surface area (TPSA) is 115 Å². The van der Waals surface area contributed by atoms with Gasteiger partial charge in [-0.15, -0.1) is 0 Å². The maximum atomic E-state index is 12.8. The van der Waals surface area contributed by atoms with Crippen molar-refractivity contribution in [2.75, 3.05) is 11.4 Å². The average Bonchev–Trinajstić information content (AvgIpc) is 3.15. The molecule has 2 saturated heterocycles. The Bertz CT molecular complexity index is 732. The molecule has 4 rings (SSSR count). The van der Waals surface area contributed by atoms with Crippen molar-refractivity contribution in [3.63, 3.8) is 0 Å². The zero-order chi connectivity index (χ0) is 16.4. The molecule has 3 aliphatic rings. The Morgan fingerprint density at radius 1 is 1.48 bits per heavy atom. The third-order valence-corrected chi connectivity index (χ3v) is 4.79. The number of carboxylic acid groups (broad SMARTS) is 1. The molecule has 0 aromatic heterocycles. The monoisotopic (exact) mass is 318 g/mol. The number of aliphatic carboxylic acids is 1. The van der Waals surface area contributed by atoms with Gasteiger partial charge in [0.15, 0.2) is 5.69 Å². The number of hydrogen-bond donors (Lipinski definition) is 3. The number of carboxylic acids is 1. The van der Waals surface area contributed by atoms with Crippen LogP contribution in [0.15, 0.2) is 36.4 Å². The number of anilines is 1. The van der Waals surface area contributed by atoms with Crippen LogP contribution in [0.1, 0.15) is 0 Å². The highest BCUT2D eigenvalue weighted by Crippen LogP contribution is 2.52. The fourth-order valence-corrected chi connectivity index (χ4v) is 3.81. The molecule has 120 valence electrons. The lowest BCUT2D eigenvalue weighted by molar-refractivity contribution is -0.991. The van der Waals surface area contributed by atoms with Gasteiger partial charge < -0.3 is 20.0 Å². The van der Waals surface area contributed by atoms with E-state index in [9.17, 15) is 19.9 Å². The zero-order valence-electron chi connectivity index (χ0n) is 11.9. The maximum Gasteiger partial charge on any atom is 0.310 e. The van der Waals surface area contributed by atoms with Crippen LogP contribution in [0.4, 0.5) is 11.4 Å². The Morgan fingerprint density at radius 3 is 2.96 bits per heavy atom. The minimum atomic E-state index is -1.09. The molecule has 3 heterocycles. The summed E-state index contributed by atoms with van der Waals surface area (Å²) < 4.78 is 5.79. The highest BCUT2D eigenvalue weighted by molar-refractivity contribution is 6.02. The second-order valence-corrected chi connectivity index (χ2v) is 6.02. The molecule has 8 nitrogen and oxygen atoms in total. The van der Waals surface area contributed by atoms with Crippen LogP contribution in [0, 0.1) is 17.0 Å². The fourth-order valence-electron chi connectivity index (χ4n) is 3.81. The van der Waals surface area contributed by atoms with E-state index in [1.54, 1.807) is 24.3 Å². The number of rotatable bonds is 3. The third-order valence-electron chi connectivity index (χ3n) is 4.79. The van der Waals surface area contributed by atoms with Gasteiger partial charge in [0.05, 0.1) is 18.6 Å². The summed E-state index contributed by atoms with van der Waals surface area (Å²) in [5.41, 5.74) is -0.423. The molecule has 0 aliphatic carbocycles. The third kappa shape index (κ3) is 1.86. The molecule has 1 aromatic carbocycles. The minimum Gasteiger partial charge on any atom is -0.595 e. The van der Waals surface area contributed by atoms with E-state index in [4.69, 9.17) is 9.94 Å². The summed E-state index contributed by atoms with van der Waals surface area (Å²) in [5.74, 6) is -3.07. The Morgan fingerprint density at radius 2 is 2.26 bits per heavy atom. The largest absolute Gasteiger partial charge is 0.595 e. The molecule has 0 saturated carbocycles. The number of hydrogen-bond acceptors (Lipinski definition) is 5. The summed E-state index contributed by atoms with van der Waals surface area (Å²) >= 11 is 0. The van der Waals surface area contributed by atoms with E-state index >= 15 is 0 Å². The van der Waals surface area contributed by atoms with Crippen molar-refractivity contribution in [2.45, 2.75) is 11.7 Å². The number of amides is 1. The summed E-state index contributed by atoms with van der Waals surface area (Å²) in [4.78, 5) is 25.7. The Kier molecular flexibility index (Phi) is 2.88. The molecule has 1 amide bonds. The van der Waals surface area contributed by atoms with Crippen molar-refractivity contribution in [2.24, 2.45) is 11.8 Å². The van der Waals surface area contributed by atoms with Crippen molar-refractivity contribution < 1.29 is 29.9 Å². The number of fused-ring (bicyclic) bond motifs is 1. The number of benzene rings is 1. The summed E-state index contributed by atoms with van der Waals surface area (Å²) in [5, 5.41) is 28.5. The standard InChI is InChI=1S/C15H14N2O6/c18-13-12-11(14(19)20)10-4-5-15(12,23-10)7-16(13)8-2-1-3-9(6-8)17(21)22/h1-6,10-12,17,21H,7H2,(H,19,20)/t10-,11-,12+,15-/m1/s1. The van der Waals surface area contributed by atoms with E-state index in [-0.39, 0.29) is 18.1 Å². The SMILES string of the molecule is O=C(O)[C@H]1[C@H]2C(=O)N(c3cccc([NH+]([O-])O)c3)C[C@]23C=C[C@H]1O3. The van der Waals surface area contributed by atoms with Crippen molar-refractivity contribution in [3.8, 4) is 0 Å². The van der Waals surface area contributed by atoms with Crippen molar-refractivity contribution in [3.05, 3.63) is 41.6 Å². The molecular formula is C15H14N2O6. The number of ether oxygens (including phenoxy) is 1. The number of nitrogens with zero attached hydrogens (tertiary/aromatic N) is 1. The summed E-state index contributed by atoms with van der Waals surface area (Å²) in [7, 11) is 0. The molecular weight excluding hydrogens is 304 g/mol. The smallest absolute Gasteiger partial charge is 0.310 e. The van der Waals surface area contributed by atoms with Gasteiger partial charge in [0.25, 0.3) is 0 Å². The zero-order valence-corrected chi connectivity index (χ0v) is 11.9. The van der Waals surface area contributed by atoms with E-state index in [1.807, 2.05) is 0 Å². The van der Waals surface area contributed by atoms with Crippen molar-refractivity contribution >= 4 is 23.3 Å². The van der Waals surface area contributed by atoms with Gasteiger partial charge in [-0.25, -0.2) is 5.21 Å². The molecule has 1 spiro atoms. The summed E-state index contributed by atoms with van der Waals surface area (Å²) in [6.45, 7) is 0.191. The van der Waals surface area contributed by atoms with Crippen LogP contribution in [-0.4, -0.2) is 40.4 Å². The molecule has 5 atom stereocenters. The van der Waals surface area contributed by atoms with Gasteiger partial charge in [-0.2, -0.15) is 5.23 Å². The highest BCUT2D eigenvalue weighted by atomic mass is 16.8. The van der Waals surface area contributed by atoms with Gasteiger partial charge >= 0.3 is 5.97 Å². The van der Waals surface area contributed by atoms with Gasteiger partial charge in [0, 0.05) is 17.8 Å². The normalized spacial score (nSPS) is 35.7. The molecule has 1 unspecified atom stereocenters. The summed E-state index contributed by atoms with van der Waals surface area (Å²) in [6.07, 6.45) is 2.88. The first-order valence-electron chi connectivity index (χ1n) is 7.18. The van der Waals surface area contributed by atoms with Crippen LogP contribution in [-0.2, 0) is 14.3 Å². The lowest BCUT2D eigenvalue weighted by atomic mass is 9.77. The minimum absolute atomic E-state index is 0.0698. The molecule has 8 heteroatoms. The number of carbonyl (C=O) groups is 2. The fraction of sp³-hybridized carbons (Fsp3) is 0.333. The van der Waals surface area contributed by atoms with Crippen molar-refractivity contribution in [1.82, 2.24) is 0 Å². The Balaban J connectivity index is 1.72. The second-order valence-electron chi connectivity index (χ2n) is 6.02. The Hall–Kier alpha value is -2.26. The van der Waals surface area contributed by atoms with Crippen LogP contribution in [0.3, 0.4) is 0 Å². The quantitative estimate of drug-likeness (QED) is 0.509. The molecule has 2 fully saturated rings. The number of carbonyl (C=O) groups excluding carboxylic acids is 1. The molecule has 1 aromatic rings. The molecule has 23 heavy (non-hydrogen) atoms. The van der Waals surface area contributed by atoms with Gasteiger partial charge in [-0.05, 0) is 6.07 Å². The lowest BCUT2D eigenvalue weighted by Gasteiger charge is -2.22. The van der Waals surface area contributed by atoms with E-state index in [0.717, 1.165) is 0 Å². The van der Waals surface area contributed by atoms with E-state index in [2.05, 4.69) is 0 Å². The average molecular weight is 318 g/mol. The van der Waals surface area contributed by atoms with Crippen LogP contribution >= 0.6 is 0 Å². The van der Waals surface area contributed by atoms with Crippen LogP contribution < -0.4 is 10.1 Å². The van der Waals surface area contributed by atoms with Crippen molar-refractivity contribution in [1.29, 1.82) is 0 Å². The predicted molar refractivity (Wildman–Crippen MR) is 75.9 cm³/mol. The van der Waals surface area contributed by atoms with E-state index in [0.29, 0.717) is 5.69 Å². The molecule has 3 N–H and O–H groups in total. The van der Waals surface area contributed by atoms with Gasteiger partial charge in [0.1, 0.15) is 11.5 Å². The number of nitrogens with one attached hydrogen (secondary N) is 1. The first-order valence-corrected chi connectivity index (χ1v) is 7.18. The van der Waals surface area contributed by atoms with E-state index < -0.39 is 34.7 Å². The highest BCUT2D eigenvalue weighted by Gasteiger charge is 2.67. The Labute approximate surface area is 130 Å². The van der Waals surface area contributed by atoms with Gasteiger partial charge in [-0.3, -0.25) is 9.59 Å². The predicted octanol–water partition coefficient (Wildman–Crippen LogP) is -0.539. The summed E-state index contributed by atoms with van der Waals surface area (Å²) in [6, 6.07) is 6.03.